The molecule has 4 aromatic rings. The second-order valence-electron chi connectivity index (χ2n) is 7.55. The van der Waals surface area contributed by atoms with Crippen LogP contribution in [0.15, 0.2) is 65.1 Å². The number of carbonyl (C=O) groups excluding carboxylic acids is 1. The number of aromatic nitrogens is 1. The highest BCUT2D eigenvalue weighted by Gasteiger charge is 2.13. The number of carbonyl (C=O) groups is 1. The minimum absolute atomic E-state index is 0.0934. The fraction of sp³-hybridized carbons (Fsp3) is 0.200. The second kappa shape index (κ2) is 9.63. The highest BCUT2D eigenvalue weighted by molar-refractivity contribution is 6.38. The van der Waals surface area contributed by atoms with Crippen molar-refractivity contribution in [2.45, 2.75) is 26.2 Å². The van der Waals surface area contributed by atoms with Crippen LogP contribution >= 0.6 is 23.2 Å². The Bertz CT molecular complexity index is 1250. The van der Waals surface area contributed by atoms with E-state index < -0.39 is 0 Å². The first kappa shape index (κ1) is 22.2. The van der Waals surface area contributed by atoms with Gasteiger partial charge in [-0.3, -0.25) is 4.79 Å². The summed E-state index contributed by atoms with van der Waals surface area (Å²) in [7, 11) is 0. The van der Waals surface area contributed by atoms with Crippen LogP contribution in [0.25, 0.3) is 22.6 Å². The van der Waals surface area contributed by atoms with E-state index in [1.54, 1.807) is 24.3 Å². The first-order valence-electron chi connectivity index (χ1n) is 10.3. The molecule has 0 saturated carbocycles. The van der Waals surface area contributed by atoms with E-state index in [4.69, 9.17) is 32.4 Å². The molecule has 1 amide bonds. The second-order valence-corrected chi connectivity index (χ2v) is 8.39. The van der Waals surface area contributed by atoms with Crippen molar-refractivity contribution in [3.8, 4) is 17.2 Å². The van der Waals surface area contributed by atoms with E-state index in [9.17, 15) is 4.79 Å². The van der Waals surface area contributed by atoms with Gasteiger partial charge < -0.3 is 14.5 Å². The predicted molar refractivity (Wildman–Crippen MR) is 129 cm³/mol. The molecule has 164 valence electrons. The molecule has 0 bridgehead atoms. The van der Waals surface area contributed by atoms with Crippen LogP contribution < -0.4 is 10.1 Å². The maximum atomic E-state index is 12.4. The Labute approximate surface area is 196 Å². The molecule has 7 heteroatoms. The van der Waals surface area contributed by atoms with Crippen molar-refractivity contribution in [1.29, 1.82) is 0 Å². The maximum absolute atomic E-state index is 12.4. The fourth-order valence-corrected chi connectivity index (χ4v) is 3.81. The van der Waals surface area contributed by atoms with Crippen LogP contribution in [0.3, 0.4) is 0 Å². The lowest BCUT2D eigenvalue weighted by molar-refractivity contribution is -0.118. The monoisotopic (exact) mass is 468 g/mol. The van der Waals surface area contributed by atoms with Gasteiger partial charge in [0, 0.05) is 16.3 Å². The number of amides is 1. The number of hydrogen-bond acceptors (Lipinski definition) is 4. The van der Waals surface area contributed by atoms with Crippen LogP contribution in [0.2, 0.25) is 10.0 Å². The third kappa shape index (κ3) is 5.06. The number of nitrogens with zero attached hydrogens (tertiary/aromatic N) is 1. The Kier molecular flexibility index (Phi) is 6.68. The summed E-state index contributed by atoms with van der Waals surface area (Å²) in [5.74, 6) is 1.27. The van der Waals surface area contributed by atoms with E-state index in [0.717, 1.165) is 6.42 Å². The molecular formula is C25H22Cl2N2O3. The number of fused-ring (bicyclic) bond motifs is 1. The Hall–Kier alpha value is -3.02. The fourth-order valence-electron chi connectivity index (χ4n) is 3.29. The molecule has 1 aromatic heterocycles. The molecule has 4 rings (SSSR count). The number of rotatable bonds is 7. The molecular weight excluding hydrogens is 447 g/mol. The SMILES string of the molecule is CC[C@H](C)c1ccc(OCC(=O)Nc2cccc(-c3nc4cc(Cl)cc(Cl)c4o3)c2)cc1. The van der Waals surface area contributed by atoms with E-state index in [2.05, 4.69) is 24.1 Å². The molecule has 0 aliphatic heterocycles. The van der Waals surface area contributed by atoms with Gasteiger partial charge in [-0.05, 0) is 60.4 Å². The summed E-state index contributed by atoms with van der Waals surface area (Å²) < 4.78 is 11.4. The van der Waals surface area contributed by atoms with Gasteiger partial charge in [0.2, 0.25) is 5.89 Å². The first-order valence-corrected chi connectivity index (χ1v) is 11.1. The number of oxazole rings is 1. The van der Waals surface area contributed by atoms with Gasteiger partial charge in [-0.15, -0.1) is 0 Å². The Morgan fingerprint density at radius 3 is 2.66 bits per heavy atom. The Morgan fingerprint density at radius 1 is 1.12 bits per heavy atom. The Morgan fingerprint density at radius 2 is 1.91 bits per heavy atom. The summed E-state index contributed by atoms with van der Waals surface area (Å²) in [5, 5.41) is 3.71. The summed E-state index contributed by atoms with van der Waals surface area (Å²) in [4.78, 5) is 16.8. The summed E-state index contributed by atoms with van der Waals surface area (Å²) >= 11 is 12.2. The highest BCUT2D eigenvalue weighted by Crippen LogP contribution is 2.32. The topological polar surface area (TPSA) is 64.4 Å². The van der Waals surface area contributed by atoms with Crippen LogP contribution in [0.5, 0.6) is 5.75 Å². The van der Waals surface area contributed by atoms with Gasteiger partial charge in [0.05, 0.1) is 5.02 Å². The van der Waals surface area contributed by atoms with Gasteiger partial charge in [-0.25, -0.2) is 4.98 Å². The van der Waals surface area contributed by atoms with E-state index >= 15 is 0 Å². The molecule has 1 atom stereocenters. The maximum Gasteiger partial charge on any atom is 0.262 e. The molecule has 0 fully saturated rings. The normalized spacial score (nSPS) is 12.0. The van der Waals surface area contributed by atoms with Gasteiger partial charge in [0.25, 0.3) is 5.91 Å². The van der Waals surface area contributed by atoms with Crippen LogP contribution in [-0.4, -0.2) is 17.5 Å². The van der Waals surface area contributed by atoms with Gasteiger partial charge >= 0.3 is 0 Å². The molecule has 0 radical (unpaired) electrons. The third-order valence-corrected chi connectivity index (χ3v) is 5.73. The lowest BCUT2D eigenvalue weighted by atomic mass is 9.99. The van der Waals surface area contributed by atoms with E-state index in [-0.39, 0.29) is 12.5 Å². The number of ether oxygens (including phenoxy) is 1. The summed E-state index contributed by atoms with van der Waals surface area (Å²) in [6.45, 7) is 4.25. The quantitative estimate of drug-likeness (QED) is 0.308. The average molecular weight is 469 g/mol. The number of anilines is 1. The average Bonchev–Trinajstić information content (AvgIpc) is 3.22. The standard InChI is InChI=1S/C25H22Cl2N2O3/c1-3-15(2)16-7-9-20(10-8-16)31-14-23(30)28-19-6-4-5-17(11-19)25-29-22-13-18(26)12-21(27)24(22)32-25/h4-13,15H,3,14H2,1-2H3,(H,28,30)/t15-/m0/s1. The molecule has 0 spiro atoms. The van der Waals surface area contributed by atoms with Crippen molar-refractivity contribution < 1.29 is 13.9 Å². The van der Waals surface area contributed by atoms with Gasteiger partial charge in [-0.2, -0.15) is 0 Å². The predicted octanol–water partition coefficient (Wildman–Crippen LogP) is 7.33. The van der Waals surface area contributed by atoms with Gasteiger partial charge in [0.1, 0.15) is 11.3 Å². The minimum atomic E-state index is -0.263. The molecule has 0 aliphatic carbocycles. The molecule has 5 nitrogen and oxygen atoms in total. The number of nitrogens with one attached hydrogen (secondary N) is 1. The van der Waals surface area contributed by atoms with Crippen LogP contribution in [0.4, 0.5) is 5.69 Å². The van der Waals surface area contributed by atoms with E-state index in [0.29, 0.717) is 50.0 Å². The number of benzene rings is 3. The van der Waals surface area contributed by atoms with Crippen molar-refractivity contribution in [3.05, 3.63) is 76.3 Å². The summed E-state index contributed by atoms with van der Waals surface area (Å²) in [6.07, 6.45) is 1.08. The van der Waals surface area contributed by atoms with Crippen molar-refractivity contribution in [3.63, 3.8) is 0 Å². The lowest BCUT2D eigenvalue weighted by Gasteiger charge is -2.11. The number of hydrogen-bond donors (Lipinski definition) is 1. The molecule has 0 saturated heterocycles. The smallest absolute Gasteiger partial charge is 0.262 e. The van der Waals surface area contributed by atoms with E-state index in [1.807, 2.05) is 36.4 Å². The summed E-state index contributed by atoms with van der Waals surface area (Å²) in [5.41, 5.74) is 3.60. The molecule has 3 aromatic carbocycles. The molecule has 1 heterocycles. The zero-order valence-electron chi connectivity index (χ0n) is 17.7. The van der Waals surface area contributed by atoms with Crippen molar-refractivity contribution >= 4 is 45.9 Å². The first-order chi connectivity index (χ1) is 15.4. The number of halogens is 2. The highest BCUT2D eigenvalue weighted by atomic mass is 35.5. The van der Waals surface area contributed by atoms with E-state index in [1.165, 1.54) is 5.56 Å². The van der Waals surface area contributed by atoms with Crippen molar-refractivity contribution in [2.24, 2.45) is 0 Å². The molecule has 1 N–H and O–H groups in total. The third-order valence-electron chi connectivity index (χ3n) is 5.23. The largest absolute Gasteiger partial charge is 0.484 e. The molecule has 32 heavy (non-hydrogen) atoms. The zero-order chi connectivity index (χ0) is 22.7. The van der Waals surface area contributed by atoms with Crippen molar-refractivity contribution in [2.75, 3.05) is 11.9 Å². The zero-order valence-corrected chi connectivity index (χ0v) is 19.2. The van der Waals surface area contributed by atoms with Crippen LogP contribution in [-0.2, 0) is 4.79 Å². The van der Waals surface area contributed by atoms with Gasteiger partial charge in [-0.1, -0.05) is 55.2 Å². The minimum Gasteiger partial charge on any atom is -0.484 e. The van der Waals surface area contributed by atoms with Gasteiger partial charge in [0.15, 0.2) is 12.2 Å². The van der Waals surface area contributed by atoms with Crippen LogP contribution in [0, 0.1) is 0 Å². The lowest BCUT2D eigenvalue weighted by Crippen LogP contribution is -2.20. The Balaban J connectivity index is 1.41. The van der Waals surface area contributed by atoms with Crippen LogP contribution in [0.1, 0.15) is 31.7 Å². The summed E-state index contributed by atoms with van der Waals surface area (Å²) in [6, 6.07) is 18.3. The molecule has 0 unspecified atom stereocenters. The van der Waals surface area contributed by atoms with Crippen molar-refractivity contribution in [1.82, 2.24) is 4.98 Å². The molecule has 0 aliphatic rings.